The topological polar surface area (TPSA) is 123 Å². The molecule has 9 rings (SSSR count). The average Bonchev–Trinajstić information content (AvgIpc) is 3.75. The van der Waals surface area contributed by atoms with Gasteiger partial charge in [0.2, 0.25) is 0 Å². The zero-order valence-corrected chi connectivity index (χ0v) is 34.0. The van der Waals surface area contributed by atoms with Crippen LogP contribution in [0.15, 0.2) is 101 Å². The van der Waals surface area contributed by atoms with Gasteiger partial charge >= 0.3 is 0 Å². The highest BCUT2D eigenvalue weighted by atomic mass is 16.5. The molecule has 2 amide bonds. The number of carbonyl (C=O) groups is 3. The summed E-state index contributed by atoms with van der Waals surface area (Å²) in [6, 6.07) is 28.6. The average molecular weight is 804 g/mol. The Hall–Kier alpha value is -6.95. The summed E-state index contributed by atoms with van der Waals surface area (Å²) in [4.78, 5) is 54.9. The number of hydrogen-bond donors (Lipinski definition) is 0. The van der Waals surface area contributed by atoms with Gasteiger partial charge in [-0.15, -0.1) is 0 Å². The fraction of sp³-hybridized carbons (Fsp3) is 0.271. The molecule has 0 aliphatic carbocycles. The van der Waals surface area contributed by atoms with Crippen LogP contribution < -0.4 is 33.6 Å². The van der Waals surface area contributed by atoms with Crippen LogP contribution in [-0.4, -0.2) is 69.9 Å². The first kappa shape index (κ1) is 38.6. The molecule has 0 saturated carbocycles. The summed E-state index contributed by atoms with van der Waals surface area (Å²) in [5.74, 6) is 1.63. The molecule has 0 fully saturated rings. The monoisotopic (exact) mass is 803 g/mol. The number of Topliss-reactive ketones (excluding diaryl/α,β-unsaturated/α-hetero) is 1. The number of carbonyl (C=O) groups excluding carboxylic acids is 3. The number of ether oxygens (including phenoxy) is 4. The lowest BCUT2D eigenvalue weighted by Crippen LogP contribution is -2.37. The van der Waals surface area contributed by atoms with Gasteiger partial charge in [0, 0.05) is 74.5 Å². The number of methoxy groups -OCH3 is 2. The van der Waals surface area contributed by atoms with Gasteiger partial charge in [0.25, 0.3) is 11.8 Å². The number of fused-ring (bicyclic) bond motifs is 8. The van der Waals surface area contributed by atoms with Crippen molar-refractivity contribution in [2.45, 2.75) is 57.9 Å². The van der Waals surface area contributed by atoms with Gasteiger partial charge in [0.1, 0.15) is 19.0 Å². The van der Waals surface area contributed by atoms with Crippen molar-refractivity contribution in [3.8, 4) is 23.0 Å². The van der Waals surface area contributed by atoms with Crippen molar-refractivity contribution in [3.05, 3.63) is 124 Å². The third-order valence-electron chi connectivity index (χ3n) is 11.5. The Bertz CT molecular complexity index is 2440. The van der Waals surface area contributed by atoms with Gasteiger partial charge in [-0.05, 0) is 78.1 Å². The zero-order chi connectivity index (χ0) is 41.5. The van der Waals surface area contributed by atoms with E-state index in [4.69, 9.17) is 28.9 Å². The molecule has 4 heterocycles. The molecule has 0 bridgehead atoms. The number of anilines is 3. The molecule has 0 spiro atoms. The number of nitrogens with zero attached hydrogens (tertiary/aromatic N) is 5. The second-order valence-corrected chi connectivity index (χ2v) is 15.6. The van der Waals surface area contributed by atoms with E-state index in [1.807, 2.05) is 83.9 Å². The van der Waals surface area contributed by atoms with Gasteiger partial charge in [0.05, 0.1) is 48.8 Å². The second-order valence-electron chi connectivity index (χ2n) is 15.6. The third kappa shape index (κ3) is 7.22. The fourth-order valence-corrected chi connectivity index (χ4v) is 8.52. The summed E-state index contributed by atoms with van der Waals surface area (Å²) in [6.45, 7) is 2.63. The van der Waals surface area contributed by atoms with Crippen LogP contribution in [0.5, 0.6) is 23.0 Å². The minimum absolute atomic E-state index is 0.136. The van der Waals surface area contributed by atoms with E-state index in [-0.39, 0.29) is 42.9 Å². The Morgan fingerprint density at radius 2 is 1.17 bits per heavy atom. The molecule has 12 nitrogen and oxygen atoms in total. The van der Waals surface area contributed by atoms with Gasteiger partial charge < -0.3 is 28.6 Å². The Morgan fingerprint density at radius 1 is 0.683 bits per heavy atom. The number of para-hydroxylation sites is 2. The summed E-state index contributed by atoms with van der Waals surface area (Å²) in [6.07, 6.45) is 6.28. The number of benzene rings is 5. The highest BCUT2D eigenvalue weighted by Crippen LogP contribution is 2.43. The van der Waals surface area contributed by atoms with Gasteiger partial charge in [-0.3, -0.25) is 29.4 Å². The highest BCUT2D eigenvalue weighted by Gasteiger charge is 2.38. The van der Waals surface area contributed by atoms with Crippen molar-refractivity contribution in [2.75, 3.05) is 42.5 Å². The van der Waals surface area contributed by atoms with Crippen LogP contribution in [0.4, 0.5) is 28.4 Å². The molecular weight excluding hydrogens is 759 g/mol. The summed E-state index contributed by atoms with van der Waals surface area (Å²) in [7, 11) is 5.10. The molecule has 0 unspecified atom stereocenters. The number of aliphatic imine (C=N–C) groups is 2. The second kappa shape index (κ2) is 16.0. The van der Waals surface area contributed by atoms with E-state index in [1.165, 1.54) is 0 Å². The molecule has 0 aromatic heterocycles. The molecule has 5 aromatic rings. The Labute approximate surface area is 348 Å². The molecule has 12 heteroatoms. The van der Waals surface area contributed by atoms with Gasteiger partial charge in [0.15, 0.2) is 23.0 Å². The first-order valence-electron chi connectivity index (χ1n) is 20.1. The molecule has 0 radical (unpaired) electrons. The van der Waals surface area contributed by atoms with E-state index in [2.05, 4.69) is 17.0 Å². The maximum absolute atomic E-state index is 14.0. The summed E-state index contributed by atoms with van der Waals surface area (Å²) >= 11 is 0. The van der Waals surface area contributed by atoms with E-state index < -0.39 is 0 Å². The lowest BCUT2D eigenvalue weighted by atomic mass is 10.1. The molecule has 4 aliphatic rings. The van der Waals surface area contributed by atoms with Crippen molar-refractivity contribution in [2.24, 2.45) is 9.98 Å². The van der Waals surface area contributed by atoms with E-state index in [0.717, 1.165) is 39.3 Å². The van der Waals surface area contributed by atoms with Crippen LogP contribution >= 0.6 is 0 Å². The van der Waals surface area contributed by atoms with Crippen molar-refractivity contribution in [1.82, 2.24) is 0 Å². The molecule has 0 saturated heterocycles. The van der Waals surface area contributed by atoms with E-state index >= 15 is 0 Å². The fourth-order valence-electron chi connectivity index (χ4n) is 8.52. The van der Waals surface area contributed by atoms with Crippen LogP contribution in [0.25, 0.3) is 0 Å². The van der Waals surface area contributed by atoms with Gasteiger partial charge in [-0.25, -0.2) is 0 Å². The van der Waals surface area contributed by atoms with E-state index in [9.17, 15) is 14.4 Å². The number of ketones is 1. The highest BCUT2D eigenvalue weighted by molar-refractivity contribution is 6.15. The van der Waals surface area contributed by atoms with Crippen molar-refractivity contribution in [3.63, 3.8) is 0 Å². The zero-order valence-electron chi connectivity index (χ0n) is 34.0. The van der Waals surface area contributed by atoms with Crippen molar-refractivity contribution < 1.29 is 33.3 Å². The summed E-state index contributed by atoms with van der Waals surface area (Å²) in [5.41, 5.74) is 8.59. The molecule has 60 heavy (non-hydrogen) atoms. The largest absolute Gasteiger partial charge is 0.493 e. The summed E-state index contributed by atoms with van der Waals surface area (Å²) in [5, 5.41) is 0. The Kier molecular flexibility index (Phi) is 10.3. The van der Waals surface area contributed by atoms with Gasteiger partial charge in [-0.2, -0.15) is 0 Å². The van der Waals surface area contributed by atoms with Crippen LogP contribution in [0.2, 0.25) is 0 Å². The normalized spacial score (nSPS) is 16.8. The lowest BCUT2D eigenvalue weighted by Gasteiger charge is -2.23. The first-order valence-corrected chi connectivity index (χ1v) is 20.1. The smallest absolute Gasteiger partial charge is 0.261 e. The predicted octanol–water partition coefficient (Wildman–Crippen LogP) is 8.24. The van der Waals surface area contributed by atoms with Crippen LogP contribution in [0, 0.1) is 0 Å². The van der Waals surface area contributed by atoms with Crippen LogP contribution in [0.3, 0.4) is 0 Å². The molecule has 4 aliphatic heterocycles. The van der Waals surface area contributed by atoms with Crippen LogP contribution in [0.1, 0.15) is 62.7 Å². The summed E-state index contributed by atoms with van der Waals surface area (Å²) < 4.78 is 24.4. The van der Waals surface area contributed by atoms with Crippen LogP contribution in [-0.2, 0) is 30.8 Å². The number of rotatable bonds is 13. The Morgan fingerprint density at radius 3 is 1.63 bits per heavy atom. The van der Waals surface area contributed by atoms with E-state index in [0.29, 0.717) is 77.7 Å². The molecule has 5 aromatic carbocycles. The minimum Gasteiger partial charge on any atom is -0.493 e. The molecule has 2 atom stereocenters. The molecular formula is C48H45N5O7. The maximum atomic E-state index is 14.0. The third-order valence-corrected chi connectivity index (χ3v) is 11.5. The van der Waals surface area contributed by atoms with Crippen molar-refractivity contribution in [1.29, 1.82) is 0 Å². The van der Waals surface area contributed by atoms with E-state index in [1.54, 1.807) is 45.4 Å². The number of amides is 2. The Balaban J connectivity index is 0.973. The maximum Gasteiger partial charge on any atom is 0.261 e. The molecule has 304 valence electrons. The first-order chi connectivity index (χ1) is 29.2. The lowest BCUT2D eigenvalue weighted by molar-refractivity contribution is -0.117. The van der Waals surface area contributed by atoms with Gasteiger partial charge in [-0.1, -0.05) is 36.4 Å². The van der Waals surface area contributed by atoms with Crippen molar-refractivity contribution >= 4 is 58.5 Å². The quantitative estimate of drug-likeness (QED) is 0.117. The minimum atomic E-state index is -0.176. The number of hydrogen-bond acceptors (Lipinski definition) is 10. The standard InChI is InChI=1S/C48H45N5O7/c1-29(54)10-9-15-51(2)34-17-30(27-59-45-23-39-37(21-43(45)57-3)47(55)52-35(25-49-39)19-32-11-5-7-13-41(32)52)16-31(18-34)28-60-46-24-40-38(22-44(46)58-4)48(56)53-36(26-50-40)20-33-12-6-8-14-42(33)53/h5-8,11-14,16-18,21-26,35-36H,9-10,15,19-20,27-28H2,1-4H3/t35-,36-/m0/s1. The molecule has 0 N–H and O–H groups in total. The predicted molar refractivity (Wildman–Crippen MR) is 232 cm³/mol. The SMILES string of the molecule is COc1cc2c(cc1OCc1cc(COc3cc4c(cc3OC)C(=O)N3c5ccccc5C[C@H]3C=N4)cc(N(C)CCCC(C)=O)c1)N=C[C@@H]1Cc3ccccc3N1C2=O.